The molecule has 1 nitrogen and oxygen atoms in total. The van der Waals surface area contributed by atoms with Gasteiger partial charge in [-0.25, -0.2) is 0 Å². The summed E-state index contributed by atoms with van der Waals surface area (Å²) in [5.41, 5.74) is 3.79. The van der Waals surface area contributed by atoms with Crippen LogP contribution in [0.4, 0.5) is 5.69 Å². The normalized spacial score (nSPS) is 10.4. The lowest BCUT2D eigenvalue weighted by molar-refractivity contribution is 0.843. The fraction of sp³-hybridized carbons (Fsp3) is 0.294. The molecule has 0 aromatic heterocycles. The van der Waals surface area contributed by atoms with Crippen LogP contribution >= 0.6 is 11.8 Å². The summed E-state index contributed by atoms with van der Waals surface area (Å²) in [5, 5.41) is 3.56. The van der Waals surface area contributed by atoms with Gasteiger partial charge >= 0.3 is 0 Å². The van der Waals surface area contributed by atoms with Crippen molar-refractivity contribution in [1.29, 1.82) is 0 Å². The number of para-hydroxylation sites is 1. The summed E-state index contributed by atoms with van der Waals surface area (Å²) in [6.07, 6.45) is 4.67. The Balaban J connectivity index is 2.01. The van der Waals surface area contributed by atoms with Gasteiger partial charge < -0.3 is 5.32 Å². The Morgan fingerprint density at radius 2 is 1.63 bits per heavy atom. The van der Waals surface area contributed by atoms with Crippen molar-refractivity contribution >= 4 is 17.4 Å². The zero-order valence-corrected chi connectivity index (χ0v) is 12.2. The number of rotatable bonds is 7. The van der Waals surface area contributed by atoms with Gasteiger partial charge in [0.25, 0.3) is 0 Å². The average Bonchev–Trinajstić information content (AvgIpc) is 2.48. The summed E-state index contributed by atoms with van der Waals surface area (Å²) in [6, 6.07) is 19.1. The van der Waals surface area contributed by atoms with Crippen molar-refractivity contribution in [3.05, 3.63) is 54.6 Å². The van der Waals surface area contributed by atoms with Crippen LogP contribution in [0.15, 0.2) is 54.6 Å². The molecule has 2 aromatic rings. The molecule has 0 spiro atoms. The van der Waals surface area contributed by atoms with E-state index in [1.165, 1.54) is 35.4 Å². The van der Waals surface area contributed by atoms with Crippen molar-refractivity contribution < 1.29 is 0 Å². The third kappa shape index (κ3) is 4.32. The molecule has 0 atom stereocenters. The topological polar surface area (TPSA) is 12.0 Å². The summed E-state index contributed by atoms with van der Waals surface area (Å²) in [4.78, 5) is 0. The molecular weight excluding hydrogens is 250 g/mol. The zero-order chi connectivity index (χ0) is 13.3. The number of unbranched alkanes of at least 4 members (excludes halogenated alkanes) is 1. The fourth-order valence-corrected chi connectivity index (χ4v) is 2.59. The van der Waals surface area contributed by atoms with Crippen LogP contribution < -0.4 is 5.32 Å². The molecule has 0 aliphatic carbocycles. The summed E-state index contributed by atoms with van der Waals surface area (Å²) in [7, 11) is 0. The second-order valence-electron chi connectivity index (χ2n) is 4.54. The monoisotopic (exact) mass is 271 g/mol. The van der Waals surface area contributed by atoms with E-state index in [4.69, 9.17) is 0 Å². The van der Waals surface area contributed by atoms with Crippen molar-refractivity contribution in [1.82, 2.24) is 0 Å². The number of hydrogen-bond acceptors (Lipinski definition) is 2. The molecule has 0 heterocycles. The first-order valence-electron chi connectivity index (χ1n) is 6.79. The van der Waals surface area contributed by atoms with Crippen molar-refractivity contribution in [2.75, 3.05) is 23.9 Å². The summed E-state index contributed by atoms with van der Waals surface area (Å²) < 4.78 is 0. The predicted molar refractivity (Wildman–Crippen MR) is 88.0 cm³/mol. The van der Waals surface area contributed by atoms with Gasteiger partial charge in [-0.05, 0) is 36.5 Å². The van der Waals surface area contributed by atoms with Gasteiger partial charge in [0.2, 0.25) is 0 Å². The van der Waals surface area contributed by atoms with E-state index in [1.54, 1.807) is 0 Å². The number of hydrogen-bond donors (Lipinski definition) is 1. The molecular formula is C17H21NS. The fourth-order valence-electron chi connectivity index (χ4n) is 2.10. The van der Waals surface area contributed by atoms with Crippen molar-refractivity contribution in [3.8, 4) is 11.1 Å². The highest BCUT2D eigenvalue weighted by molar-refractivity contribution is 7.98. The van der Waals surface area contributed by atoms with E-state index in [0.717, 1.165) is 6.54 Å². The molecule has 0 radical (unpaired) electrons. The molecule has 100 valence electrons. The number of thioether (sulfide) groups is 1. The minimum atomic E-state index is 1.05. The Morgan fingerprint density at radius 3 is 2.42 bits per heavy atom. The molecule has 0 bridgehead atoms. The van der Waals surface area contributed by atoms with Crippen LogP contribution in [-0.2, 0) is 0 Å². The van der Waals surface area contributed by atoms with Gasteiger partial charge in [0, 0.05) is 17.8 Å². The van der Waals surface area contributed by atoms with Gasteiger partial charge in [0.1, 0.15) is 0 Å². The molecule has 2 aromatic carbocycles. The van der Waals surface area contributed by atoms with E-state index in [9.17, 15) is 0 Å². The van der Waals surface area contributed by atoms with E-state index in [2.05, 4.69) is 66.2 Å². The number of nitrogens with one attached hydrogen (secondary N) is 1. The minimum absolute atomic E-state index is 1.05. The largest absolute Gasteiger partial charge is 0.385 e. The maximum Gasteiger partial charge on any atom is 0.0419 e. The summed E-state index contributed by atoms with van der Waals surface area (Å²) >= 11 is 1.92. The molecule has 0 amide bonds. The van der Waals surface area contributed by atoms with E-state index < -0.39 is 0 Å². The van der Waals surface area contributed by atoms with Crippen molar-refractivity contribution in [3.63, 3.8) is 0 Å². The summed E-state index contributed by atoms with van der Waals surface area (Å²) in [6.45, 7) is 1.05. The van der Waals surface area contributed by atoms with Gasteiger partial charge in [-0.1, -0.05) is 48.5 Å². The van der Waals surface area contributed by atoms with Crippen LogP contribution in [-0.4, -0.2) is 18.6 Å². The van der Waals surface area contributed by atoms with E-state index in [-0.39, 0.29) is 0 Å². The molecule has 0 saturated carbocycles. The molecule has 19 heavy (non-hydrogen) atoms. The lowest BCUT2D eigenvalue weighted by atomic mass is 10.0. The molecule has 2 rings (SSSR count). The van der Waals surface area contributed by atoms with Crippen LogP contribution in [0.1, 0.15) is 12.8 Å². The van der Waals surface area contributed by atoms with Gasteiger partial charge in [0.15, 0.2) is 0 Å². The van der Waals surface area contributed by atoms with Gasteiger partial charge in [-0.3, -0.25) is 0 Å². The van der Waals surface area contributed by atoms with Crippen molar-refractivity contribution in [2.45, 2.75) is 12.8 Å². The smallest absolute Gasteiger partial charge is 0.0419 e. The Bertz CT molecular complexity index is 482. The van der Waals surface area contributed by atoms with Crippen LogP contribution in [0.25, 0.3) is 11.1 Å². The third-order valence-electron chi connectivity index (χ3n) is 3.10. The van der Waals surface area contributed by atoms with E-state index in [0.29, 0.717) is 0 Å². The minimum Gasteiger partial charge on any atom is -0.385 e. The molecule has 0 aliphatic heterocycles. The number of benzene rings is 2. The maximum absolute atomic E-state index is 3.56. The van der Waals surface area contributed by atoms with Crippen LogP contribution in [0, 0.1) is 0 Å². The highest BCUT2D eigenvalue weighted by Gasteiger charge is 2.02. The quantitative estimate of drug-likeness (QED) is 0.718. The Labute approximate surface area is 120 Å². The standard InChI is InChI=1S/C17H21NS/c1-19-14-8-7-13-18-17-12-6-5-11-16(17)15-9-3-2-4-10-15/h2-6,9-12,18H,7-8,13-14H2,1H3. The van der Waals surface area contributed by atoms with Gasteiger partial charge in [-0.15, -0.1) is 0 Å². The summed E-state index contributed by atoms with van der Waals surface area (Å²) in [5.74, 6) is 1.25. The van der Waals surface area contributed by atoms with E-state index in [1.807, 2.05) is 11.8 Å². The highest BCUT2D eigenvalue weighted by Crippen LogP contribution is 2.27. The molecule has 1 N–H and O–H groups in total. The Hall–Kier alpha value is -1.41. The first kappa shape index (κ1) is 14.0. The zero-order valence-electron chi connectivity index (χ0n) is 11.4. The Morgan fingerprint density at radius 1 is 0.895 bits per heavy atom. The molecule has 0 unspecified atom stereocenters. The first-order valence-corrected chi connectivity index (χ1v) is 8.18. The van der Waals surface area contributed by atoms with Gasteiger partial charge in [0.05, 0.1) is 0 Å². The SMILES string of the molecule is CSCCCCNc1ccccc1-c1ccccc1. The molecule has 2 heteroatoms. The van der Waals surface area contributed by atoms with Crippen LogP contribution in [0.2, 0.25) is 0 Å². The second-order valence-corrected chi connectivity index (χ2v) is 5.52. The number of anilines is 1. The second kappa shape index (κ2) is 7.90. The van der Waals surface area contributed by atoms with Crippen LogP contribution in [0.3, 0.4) is 0 Å². The van der Waals surface area contributed by atoms with Crippen LogP contribution in [0.5, 0.6) is 0 Å². The Kier molecular flexibility index (Phi) is 5.83. The van der Waals surface area contributed by atoms with Gasteiger partial charge in [-0.2, -0.15) is 11.8 Å². The lowest BCUT2D eigenvalue weighted by Crippen LogP contribution is -2.03. The molecule has 0 saturated heterocycles. The third-order valence-corrected chi connectivity index (χ3v) is 3.80. The maximum atomic E-state index is 3.56. The highest BCUT2D eigenvalue weighted by atomic mass is 32.2. The lowest BCUT2D eigenvalue weighted by Gasteiger charge is -2.12. The average molecular weight is 271 g/mol. The van der Waals surface area contributed by atoms with Crippen molar-refractivity contribution in [2.24, 2.45) is 0 Å². The van der Waals surface area contributed by atoms with E-state index >= 15 is 0 Å². The first-order chi connectivity index (χ1) is 9.42. The molecule has 0 fully saturated rings. The predicted octanol–water partition coefficient (Wildman–Crippen LogP) is 4.91. The molecule has 0 aliphatic rings.